The van der Waals surface area contributed by atoms with Gasteiger partial charge in [0.05, 0.1) is 10.2 Å². The lowest BCUT2D eigenvalue weighted by atomic mass is 10.1. The lowest BCUT2D eigenvalue weighted by Gasteiger charge is -2.16. The van der Waals surface area contributed by atoms with E-state index in [1.165, 1.54) is 10.3 Å². The first-order valence-electron chi connectivity index (χ1n) is 6.96. The Bertz CT molecular complexity index is 836. The zero-order valence-electron chi connectivity index (χ0n) is 11.6. The second-order valence-electron chi connectivity index (χ2n) is 4.85. The van der Waals surface area contributed by atoms with Crippen molar-refractivity contribution in [1.29, 1.82) is 0 Å². The van der Waals surface area contributed by atoms with Crippen molar-refractivity contribution in [3.05, 3.63) is 76.7 Å². The molecule has 1 atom stereocenters. The van der Waals surface area contributed by atoms with Gasteiger partial charge in [-0.05, 0) is 17.7 Å². The van der Waals surface area contributed by atoms with Crippen molar-refractivity contribution in [1.82, 2.24) is 9.97 Å². The predicted molar refractivity (Wildman–Crippen MR) is 93.6 cm³/mol. The molecule has 2 aromatic heterocycles. The average Bonchev–Trinajstić information content (AvgIpc) is 3.22. The van der Waals surface area contributed by atoms with Gasteiger partial charge in [-0.15, -0.1) is 11.3 Å². The van der Waals surface area contributed by atoms with Crippen LogP contribution in [0.4, 0.5) is 5.13 Å². The number of hydrogen-bond acceptors (Lipinski definition) is 5. The monoisotopic (exact) mass is 323 g/mol. The molecule has 108 valence electrons. The van der Waals surface area contributed by atoms with Gasteiger partial charge in [0.1, 0.15) is 11.0 Å². The van der Waals surface area contributed by atoms with Gasteiger partial charge < -0.3 is 5.32 Å². The molecule has 0 aliphatic carbocycles. The van der Waals surface area contributed by atoms with Crippen molar-refractivity contribution in [3.63, 3.8) is 0 Å². The molecule has 0 aliphatic heterocycles. The molecule has 0 saturated heterocycles. The van der Waals surface area contributed by atoms with E-state index in [9.17, 15) is 0 Å². The van der Waals surface area contributed by atoms with Gasteiger partial charge in [0.25, 0.3) is 0 Å². The van der Waals surface area contributed by atoms with Gasteiger partial charge in [-0.3, -0.25) is 0 Å². The average molecular weight is 323 g/mol. The van der Waals surface area contributed by atoms with Crippen molar-refractivity contribution < 1.29 is 0 Å². The third-order valence-corrected chi connectivity index (χ3v) is 5.20. The zero-order valence-corrected chi connectivity index (χ0v) is 13.3. The number of fused-ring (bicyclic) bond motifs is 1. The second-order valence-corrected chi connectivity index (χ2v) is 6.80. The van der Waals surface area contributed by atoms with Crippen LogP contribution in [0.25, 0.3) is 10.2 Å². The molecular formula is C17H13N3S2. The predicted octanol–water partition coefficient (Wildman–Crippen LogP) is 4.95. The highest BCUT2D eigenvalue weighted by atomic mass is 32.1. The maximum atomic E-state index is 4.67. The molecule has 22 heavy (non-hydrogen) atoms. The molecule has 2 heterocycles. The molecule has 0 aliphatic rings. The molecule has 1 N–H and O–H groups in total. The summed E-state index contributed by atoms with van der Waals surface area (Å²) in [4.78, 5) is 9.15. The Morgan fingerprint density at radius 2 is 1.77 bits per heavy atom. The topological polar surface area (TPSA) is 37.8 Å². The van der Waals surface area contributed by atoms with Crippen LogP contribution in [0.3, 0.4) is 0 Å². The first-order valence-corrected chi connectivity index (χ1v) is 8.66. The first-order chi connectivity index (χ1) is 10.9. The van der Waals surface area contributed by atoms with E-state index in [1.807, 2.05) is 35.8 Å². The number of aromatic nitrogens is 2. The van der Waals surface area contributed by atoms with Crippen LogP contribution in [0.2, 0.25) is 0 Å². The molecule has 0 radical (unpaired) electrons. The van der Waals surface area contributed by atoms with Crippen LogP contribution >= 0.6 is 22.7 Å². The highest BCUT2D eigenvalue weighted by molar-refractivity contribution is 7.22. The van der Waals surface area contributed by atoms with E-state index in [2.05, 4.69) is 45.6 Å². The normalized spacial score (nSPS) is 12.4. The molecule has 0 amide bonds. The van der Waals surface area contributed by atoms with E-state index in [0.717, 1.165) is 15.7 Å². The van der Waals surface area contributed by atoms with Crippen LogP contribution in [0.5, 0.6) is 0 Å². The van der Waals surface area contributed by atoms with Crippen molar-refractivity contribution in [2.24, 2.45) is 0 Å². The van der Waals surface area contributed by atoms with Crippen LogP contribution in [0.1, 0.15) is 16.6 Å². The fourth-order valence-corrected chi connectivity index (χ4v) is 3.98. The Hall–Kier alpha value is -2.24. The third kappa shape index (κ3) is 2.61. The first kappa shape index (κ1) is 13.4. The van der Waals surface area contributed by atoms with E-state index in [-0.39, 0.29) is 6.04 Å². The molecule has 2 aromatic carbocycles. The Morgan fingerprint density at radius 3 is 2.55 bits per heavy atom. The highest BCUT2D eigenvalue weighted by Gasteiger charge is 2.18. The number of nitrogens with zero attached hydrogens (tertiary/aromatic N) is 2. The van der Waals surface area contributed by atoms with Crippen LogP contribution in [-0.2, 0) is 0 Å². The van der Waals surface area contributed by atoms with Gasteiger partial charge in [-0.2, -0.15) is 0 Å². The summed E-state index contributed by atoms with van der Waals surface area (Å²) in [5.41, 5.74) is 2.22. The zero-order chi connectivity index (χ0) is 14.8. The molecule has 5 heteroatoms. The maximum absolute atomic E-state index is 4.67. The van der Waals surface area contributed by atoms with Gasteiger partial charge in [0.15, 0.2) is 5.13 Å². The van der Waals surface area contributed by atoms with Crippen molar-refractivity contribution in [3.8, 4) is 0 Å². The molecule has 1 unspecified atom stereocenters. The fraction of sp³-hybridized carbons (Fsp3) is 0.0588. The van der Waals surface area contributed by atoms with E-state index < -0.39 is 0 Å². The van der Waals surface area contributed by atoms with Crippen LogP contribution in [0.15, 0.2) is 66.2 Å². The van der Waals surface area contributed by atoms with E-state index >= 15 is 0 Å². The van der Waals surface area contributed by atoms with E-state index in [1.54, 1.807) is 22.7 Å². The van der Waals surface area contributed by atoms with Crippen molar-refractivity contribution >= 4 is 38.0 Å². The van der Waals surface area contributed by atoms with Crippen LogP contribution in [-0.4, -0.2) is 9.97 Å². The molecule has 4 rings (SSSR count). The Kier molecular flexibility index (Phi) is 3.58. The summed E-state index contributed by atoms with van der Waals surface area (Å²) in [6, 6.07) is 18.6. The molecular weight excluding hydrogens is 310 g/mol. The summed E-state index contributed by atoms with van der Waals surface area (Å²) < 4.78 is 1.19. The van der Waals surface area contributed by atoms with Gasteiger partial charge in [0, 0.05) is 11.6 Å². The Balaban J connectivity index is 1.72. The molecule has 0 fully saturated rings. The molecule has 0 bridgehead atoms. The van der Waals surface area contributed by atoms with Gasteiger partial charge in [0.2, 0.25) is 0 Å². The summed E-state index contributed by atoms with van der Waals surface area (Å²) in [7, 11) is 0. The minimum Gasteiger partial charge on any atom is -0.348 e. The summed E-state index contributed by atoms with van der Waals surface area (Å²) in [6.07, 6.45) is 1.84. The summed E-state index contributed by atoms with van der Waals surface area (Å²) in [6.45, 7) is 0. The van der Waals surface area contributed by atoms with E-state index in [4.69, 9.17) is 0 Å². The van der Waals surface area contributed by atoms with Gasteiger partial charge in [-0.1, -0.05) is 53.8 Å². The fourth-order valence-electron chi connectivity index (χ4n) is 2.37. The molecule has 4 aromatic rings. The van der Waals surface area contributed by atoms with Crippen molar-refractivity contribution in [2.75, 3.05) is 5.32 Å². The number of benzene rings is 2. The third-order valence-electron chi connectivity index (χ3n) is 3.39. The molecule has 3 nitrogen and oxygen atoms in total. The number of hydrogen-bond donors (Lipinski definition) is 1. The maximum Gasteiger partial charge on any atom is 0.184 e. The lowest BCUT2D eigenvalue weighted by Crippen LogP contribution is -2.11. The minimum atomic E-state index is 0.0294. The number of para-hydroxylation sites is 1. The summed E-state index contributed by atoms with van der Waals surface area (Å²) in [5, 5.41) is 7.52. The van der Waals surface area contributed by atoms with E-state index in [0.29, 0.717) is 0 Å². The quantitative estimate of drug-likeness (QED) is 0.577. The Morgan fingerprint density at radius 1 is 0.955 bits per heavy atom. The van der Waals surface area contributed by atoms with Crippen LogP contribution in [0, 0.1) is 0 Å². The molecule has 0 saturated carbocycles. The van der Waals surface area contributed by atoms with Crippen molar-refractivity contribution in [2.45, 2.75) is 6.04 Å². The largest absolute Gasteiger partial charge is 0.348 e. The number of thiazole rings is 2. The standard InChI is InChI=1S/C17H13N3S2/c1-2-6-12(7-3-1)15(16-18-10-11-21-16)20-17-19-13-8-4-5-9-14(13)22-17/h1-11,15H,(H,19,20). The summed E-state index contributed by atoms with van der Waals surface area (Å²) >= 11 is 3.33. The van der Waals surface area contributed by atoms with Gasteiger partial charge in [-0.25, -0.2) is 9.97 Å². The summed E-state index contributed by atoms with van der Waals surface area (Å²) in [5.74, 6) is 0. The lowest BCUT2D eigenvalue weighted by molar-refractivity contribution is 0.918. The number of nitrogens with one attached hydrogen (secondary N) is 1. The number of rotatable bonds is 4. The highest BCUT2D eigenvalue weighted by Crippen LogP contribution is 2.32. The minimum absolute atomic E-state index is 0.0294. The molecule has 0 spiro atoms. The second kappa shape index (κ2) is 5.87. The van der Waals surface area contributed by atoms with Crippen LogP contribution < -0.4 is 5.32 Å². The SMILES string of the molecule is c1ccc(C(Nc2nc3ccccc3s2)c2nccs2)cc1. The number of anilines is 1. The van der Waals surface area contributed by atoms with Gasteiger partial charge >= 0.3 is 0 Å². The smallest absolute Gasteiger partial charge is 0.184 e. The Labute approximate surface area is 136 Å².